The van der Waals surface area contributed by atoms with Crippen molar-refractivity contribution in [3.63, 3.8) is 0 Å². The molecule has 208 valence electrons. The van der Waals surface area contributed by atoms with E-state index in [1.807, 2.05) is 6.92 Å². The SMILES string of the molecule is CCC[C@H](N[C@H]1CCc2cc(F)cc(F)c2C1)C(=O)Nc1cn(CC2(O)CN(C(=O)OC(C)(C)C)C2)cn1. The molecule has 0 unspecified atom stereocenters. The van der Waals surface area contributed by atoms with Crippen molar-refractivity contribution < 1.29 is 28.2 Å². The lowest BCUT2D eigenvalue weighted by Gasteiger charge is -2.46. The van der Waals surface area contributed by atoms with E-state index in [1.165, 1.54) is 17.3 Å². The second kappa shape index (κ2) is 11.0. The molecule has 2 heterocycles. The lowest BCUT2D eigenvalue weighted by molar-refractivity contribution is -0.118. The molecule has 2 atom stereocenters. The summed E-state index contributed by atoms with van der Waals surface area (Å²) < 4.78 is 34.9. The zero-order valence-electron chi connectivity index (χ0n) is 22.4. The Balaban J connectivity index is 1.30. The molecule has 2 aliphatic rings. The molecule has 0 radical (unpaired) electrons. The van der Waals surface area contributed by atoms with Gasteiger partial charge in [0.25, 0.3) is 0 Å². The van der Waals surface area contributed by atoms with E-state index in [0.717, 1.165) is 12.5 Å². The van der Waals surface area contributed by atoms with Crippen LogP contribution >= 0.6 is 0 Å². The first kappa shape index (κ1) is 28.0. The number of aryl methyl sites for hydroxylation is 1. The van der Waals surface area contributed by atoms with Crippen LogP contribution in [0.25, 0.3) is 0 Å². The molecule has 1 aliphatic heterocycles. The van der Waals surface area contributed by atoms with E-state index in [4.69, 9.17) is 4.74 Å². The van der Waals surface area contributed by atoms with Crippen LogP contribution in [0.15, 0.2) is 24.7 Å². The Morgan fingerprint density at radius 1 is 1.29 bits per heavy atom. The van der Waals surface area contributed by atoms with E-state index in [2.05, 4.69) is 15.6 Å². The second-order valence-electron chi connectivity index (χ2n) is 11.5. The summed E-state index contributed by atoms with van der Waals surface area (Å²) >= 11 is 0. The van der Waals surface area contributed by atoms with Crippen molar-refractivity contribution >= 4 is 17.8 Å². The Kier molecular flexibility index (Phi) is 8.08. The predicted octanol–water partition coefficient (Wildman–Crippen LogP) is 3.40. The Hall–Kier alpha value is -3.05. The van der Waals surface area contributed by atoms with Crippen LogP contribution in [0.5, 0.6) is 0 Å². The highest BCUT2D eigenvalue weighted by Crippen LogP contribution is 2.27. The molecule has 9 nitrogen and oxygen atoms in total. The molecule has 1 saturated heterocycles. The van der Waals surface area contributed by atoms with Crippen molar-refractivity contribution in [2.45, 2.75) is 89.6 Å². The van der Waals surface area contributed by atoms with Crippen molar-refractivity contribution in [1.82, 2.24) is 19.8 Å². The van der Waals surface area contributed by atoms with Crippen molar-refractivity contribution in [3.05, 3.63) is 47.4 Å². The number of likely N-dealkylation sites (tertiary alicyclic amines) is 1. The number of nitrogens with zero attached hydrogens (tertiary/aromatic N) is 3. The van der Waals surface area contributed by atoms with Gasteiger partial charge in [0, 0.05) is 18.3 Å². The number of amides is 2. The molecule has 1 aromatic heterocycles. The molecule has 0 bridgehead atoms. The number of nitrogens with one attached hydrogen (secondary N) is 2. The number of fused-ring (bicyclic) bond motifs is 1. The van der Waals surface area contributed by atoms with Gasteiger partial charge in [0.2, 0.25) is 5.91 Å². The molecule has 1 aliphatic carbocycles. The van der Waals surface area contributed by atoms with E-state index >= 15 is 0 Å². The van der Waals surface area contributed by atoms with Gasteiger partial charge in [-0.2, -0.15) is 0 Å². The Morgan fingerprint density at radius 3 is 2.71 bits per heavy atom. The number of imidazole rings is 1. The molecule has 0 saturated carbocycles. The number of ether oxygens (including phenoxy) is 1. The second-order valence-corrected chi connectivity index (χ2v) is 11.5. The Bertz CT molecular complexity index is 1170. The van der Waals surface area contributed by atoms with Crippen molar-refractivity contribution in [2.75, 3.05) is 18.4 Å². The zero-order chi connectivity index (χ0) is 27.7. The first-order valence-corrected chi connectivity index (χ1v) is 13.1. The maximum absolute atomic E-state index is 14.3. The number of aliphatic hydroxyl groups is 1. The molecule has 2 aromatic rings. The van der Waals surface area contributed by atoms with Gasteiger partial charge in [0.05, 0.1) is 32.0 Å². The van der Waals surface area contributed by atoms with E-state index in [9.17, 15) is 23.5 Å². The van der Waals surface area contributed by atoms with E-state index in [1.54, 1.807) is 31.5 Å². The first-order chi connectivity index (χ1) is 17.8. The van der Waals surface area contributed by atoms with E-state index in [-0.39, 0.29) is 31.6 Å². The number of anilines is 1. The maximum atomic E-state index is 14.3. The van der Waals surface area contributed by atoms with Crippen LogP contribution in [-0.4, -0.2) is 67.9 Å². The summed E-state index contributed by atoms with van der Waals surface area (Å²) in [5.74, 6) is -1.02. The number of rotatable bonds is 8. The molecule has 3 N–H and O–H groups in total. The minimum atomic E-state index is -1.11. The number of benzene rings is 1. The summed E-state index contributed by atoms with van der Waals surface area (Å²) in [4.78, 5) is 30.9. The van der Waals surface area contributed by atoms with Gasteiger partial charge in [-0.15, -0.1) is 0 Å². The van der Waals surface area contributed by atoms with Crippen LogP contribution < -0.4 is 10.6 Å². The Morgan fingerprint density at radius 2 is 2.03 bits per heavy atom. The van der Waals surface area contributed by atoms with Crippen molar-refractivity contribution in [1.29, 1.82) is 0 Å². The van der Waals surface area contributed by atoms with Crippen LogP contribution in [0.3, 0.4) is 0 Å². The number of carbonyl (C=O) groups excluding carboxylic acids is 2. The molecule has 11 heteroatoms. The topological polar surface area (TPSA) is 109 Å². The standard InChI is InChI=1S/C27H37F2N5O4/c1-5-6-22(31-19-8-7-17-9-18(28)10-21(29)20(17)11-19)24(35)32-23-12-33(16-30-23)13-27(37)14-34(15-27)25(36)38-26(2,3)4/h9-10,12,16,19,22,31,37H,5-8,11,13-15H2,1-4H3,(H,32,35)/t19-,22-/m0/s1. The first-order valence-electron chi connectivity index (χ1n) is 13.1. The minimum absolute atomic E-state index is 0.108. The van der Waals surface area contributed by atoms with Gasteiger partial charge in [0.1, 0.15) is 22.8 Å². The monoisotopic (exact) mass is 533 g/mol. The van der Waals surface area contributed by atoms with E-state index < -0.39 is 35.0 Å². The van der Waals surface area contributed by atoms with Gasteiger partial charge in [-0.25, -0.2) is 18.6 Å². The highest BCUT2D eigenvalue weighted by molar-refractivity contribution is 5.94. The van der Waals surface area contributed by atoms with Crippen LogP contribution in [-0.2, 0) is 28.9 Å². The van der Waals surface area contributed by atoms with Crippen molar-refractivity contribution in [2.24, 2.45) is 0 Å². The third-order valence-corrected chi connectivity index (χ3v) is 6.78. The van der Waals surface area contributed by atoms with Gasteiger partial charge >= 0.3 is 6.09 Å². The number of β-amino-alcohol motifs (C(OH)–C–C–N with tert-alkyl or cyclic N) is 1. The van der Waals surface area contributed by atoms with Crippen molar-refractivity contribution in [3.8, 4) is 0 Å². The summed E-state index contributed by atoms with van der Waals surface area (Å²) in [5.41, 5.74) is -0.529. The normalized spacial score (nSPS) is 19.3. The largest absolute Gasteiger partial charge is 0.444 e. The average molecular weight is 534 g/mol. The molecular weight excluding hydrogens is 496 g/mol. The molecule has 0 spiro atoms. The van der Waals surface area contributed by atoms with Gasteiger partial charge in [-0.3, -0.25) is 4.79 Å². The summed E-state index contributed by atoms with van der Waals surface area (Å²) in [6, 6.07) is 1.68. The fourth-order valence-electron chi connectivity index (χ4n) is 5.08. The molecule has 2 amide bonds. The fourth-order valence-corrected chi connectivity index (χ4v) is 5.08. The number of carbonyl (C=O) groups is 2. The maximum Gasteiger partial charge on any atom is 0.410 e. The quantitative estimate of drug-likeness (QED) is 0.480. The summed E-state index contributed by atoms with van der Waals surface area (Å²) in [6.07, 6.45) is 5.65. The number of halogens is 2. The highest BCUT2D eigenvalue weighted by Gasteiger charge is 2.45. The number of aromatic nitrogens is 2. The number of hydrogen-bond donors (Lipinski definition) is 3. The fraction of sp³-hybridized carbons (Fsp3) is 0.593. The third-order valence-electron chi connectivity index (χ3n) is 6.78. The predicted molar refractivity (Wildman–Crippen MR) is 138 cm³/mol. The molecule has 38 heavy (non-hydrogen) atoms. The number of hydrogen-bond acceptors (Lipinski definition) is 6. The smallest absolute Gasteiger partial charge is 0.410 e. The molecule has 1 aromatic carbocycles. The molecule has 4 rings (SSSR count). The molecule has 1 fully saturated rings. The average Bonchev–Trinajstić information content (AvgIpc) is 3.22. The van der Waals surface area contributed by atoms with Crippen LogP contribution in [0, 0.1) is 11.6 Å². The Labute approximate surface area is 221 Å². The lowest BCUT2D eigenvalue weighted by atomic mass is 9.87. The van der Waals surface area contributed by atoms with Gasteiger partial charge in [0.15, 0.2) is 5.82 Å². The zero-order valence-corrected chi connectivity index (χ0v) is 22.4. The summed E-state index contributed by atoms with van der Waals surface area (Å²) in [5, 5.41) is 17.0. The summed E-state index contributed by atoms with van der Waals surface area (Å²) in [7, 11) is 0. The minimum Gasteiger partial charge on any atom is -0.444 e. The summed E-state index contributed by atoms with van der Waals surface area (Å²) in [6.45, 7) is 7.83. The van der Waals surface area contributed by atoms with E-state index in [0.29, 0.717) is 42.6 Å². The highest BCUT2D eigenvalue weighted by atomic mass is 19.1. The third kappa shape index (κ3) is 6.87. The van der Waals surface area contributed by atoms with Crippen LogP contribution in [0.1, 0.15) is 58.1 Å². The van der Waals surface area contributed by atoms with Crippen LogP contribution in [0.4, 0.5) is 19.4 Å². The lowest BCUT2D eigenvalue weighted by Crippen LogP contribution is -2.65. The van der Waals surface area contributed by atoms with Gasteiger partial charge < -0.3 is 29.9 Å². The van der Waals surface area contributed by atoms with Crippen LogP contribution in [0.2, 0.25) is 0 Å². The van der Waals surface area contributed by atoms with Gasteiger partial charge in [-0.05, 0) is 63.6 Å². The van der Waals surface area contributed by atoms with Gasteiger partial charge in [-0.1, -0.05) is 13.3 Å². The molecular formula is C27H37F2N5O4.